The Kier molecular flexibility index (Phi) is 5.54. The number of hydrogen-bond acceptors (Lipinski definition) is 3. The second-order valence-corrected chi connectivity index (χ2v) is 8.48. The number of nitrogens with one attached hydrogen (secondary N) is 2. The predicted molar refractivity (Wildman–Crippen MR) is 113 cm³/mol. The lowest BCUT2D eigenvalue weighted by atomic mass is 9.99. The molecule has 2 aliphatic heterocycles. The Balaban J connectivity index is 1.53. The molecule has 1 aromatic carbocycles. The zero-order valence-corrected chi connectivity index (χ0v) is 17.6. The molecule has 0 saturated carbocycles. The molecular formula is C20H25Cl2N5O. The average Bonchev–Trinajstić information content (AvgIpc) is 3.20. The number of piperidine rings is 1. The lowest BCUT2D eigenvalue weighted by molar-refractivity contribution is 0.180. The van der Waals surface area contributed by atoms with Crippen LogP contribution in [0.2, 0.25) is 10.0 Å². The van der Waals surface area contributed by atoms with E-state index in [-0.39, 0.29) is 12.1 Å². The molecule has 1 aromatic heterocycles. The number of halogens is 2. The van der Waals surface area contributed by atoms with Gasteiger partial charge < -0.3 is 5.32 Å². The number of carbonyl (C=O) groups is 1. The maximum atomic E-state index is 12.8. The summed E-state index contributed by atoms with van der Waals surface area (Å²) in [5.74, 6) is 0.645. The van der Waals surface area contributed by atoms with Gasteiger partial charge in [0.25, 0.3) is 0 Å². The van der Waals surface area contributed by atoms with E-state index < -0.39 is 0 Å². The van der Waals surface area contributed by atoms with Gasteiger partial charge in [-0.15, -0.1) is 0 Å². The number of aromatic nitrogens is 2. The molecule has 2 atom stereocenters. The second kappa shape index (κ2) is 7.93. The first kappa shape index (κ1) is 19.6. The molecule has 150 valence electrons. The Morgan fingerprint density at radius 2 is 1.96 bits per heavy atom. The van der Waals surface area contributed by atoms with Crippen molar-refractivity contribution < 1.29 is 4.79 Å². The van der Waals surface area contributed by atoms with Crippen LogP contribution in [0.25, 0.3) is 5.69 Å². The van der Waals surface area contributed by atoms with E-state index in [1.807, 2.05) is 19.9 Å². The van der Waals surface area contributed by atoms with Gasteiger partial charge in [0, 0.05) is 24.2 Å². The fraction of sp³-hybridized carbons (Fsp3) is 0.500. The average molecular weight is 422 g/mol. The van der Waals surface area contributed by atoms with Gasteiger partial charge in [-0.25, -0.2) is 9.48 Å². The molecular weight excluding hydrogens is 397 g/mol. The number of amides is 2. The van der Waals surface area contributed by atoms with Crippen LogP contribution in [0.15, 0.2) is 18.2 Å². The standard InChI is InChI=1S/C20H25Cl2N5O/c1-12-13(2)25-27(14-6-7-15(21)16(22)11-14)19(12)24-20(28)23-17-8-10-26-9-4-3-5-18(17)26/h6-7,11,17-18H,3-5,8-10H2,1-2H3,(H2,23,24,28). The summed E-state index contributed by atoms with van der Waals surface area (Å²) < 4.78 is 1.70. The highest BCUT2D eigenvalue weighted by atomic mass is 35.5. The lowest BCUT2D eigenvalue weighted by Crippen LogP contribution is -2.48. The van der Waals surface area contributed by atoms with Gasteiger partial charge in [-0.3, -0.25) is 10.2 Å². The minimum atomic E-state index is -0.193. The van der Waals surface area contributed by atoms with Crippen LogP contribution in [-0.2, 0) is 0 Å². The van der Waals surface area contributed by atoms with Crippen molar-refractivity contribution in [2.45, 2.75) is 51.6 Å². The number of fused-ring (bicyclic) bond motifs is 1. The summed E-state index contributed by atoms with van der Waals surface area (Å²) in [5, 5.41) is 11.7. The molecule has 8 heteroatoms. The van der Waals surface area contributed by atoms with E-state index in [2.05, 4.69) is 20.6 Å². The normalized spacial score (nSPS) is 22.1. The molecule has 2 unspecified atom stereocenters. The molecule has 0 radical (unpaired) electrons. The molecule has 0 aliphatic carbocycles. The number of urea groups is 1. The molecule has 2 fully saturated rings. The highest BCUT2D eigenvalue weighted by Crippen LogP contribution is 2.29. The van der Waals surface area contributed by atoms with E-state index in [0.29, 0.717) is 21.9 Å². The number of anilines is 1. The number of nitrogens with zero attached hydrogens (tertiary/aromatic N) is 3. The largest absolute Gasteiger partial charge is 0.333 e. The van der Waals surface area contributed by atoms with Crippen molar-refractivity contribution in [2.24, 2.45) is 0 Å². The monoisotopic (exact) mass is 421 g/mol. The van der Waals surface area contributed by atoms with Gasteiger partial charge in [-0.2, -0.15) is 5.10 Å². The summed E-state index contributed by atoms with van der Waals surface area (Å²) >= 11 is 12.2. The number of rotatable bonds is 3. The Morgan fingerprint density at radius 3 is 2.75 bits per heavy atom. The topological polar surface area (TPSA) is 62.2 Å². The van der Waals surface area contributed by atoms with E-state index in [1.54, 1.807) is 16.8 Å². The molecule has 2 saturated heterocycles. The maximum absolute atomic E-state index is 12.8. The van der Waals surface area contributed by atoms with Gasteiger partial charge in [-0.05, 0) is 57.9 Å². The molecule has 0 bridgehead atoms. The summed E-state index contributed by atoms with van der Waals surface area (Å²) in [5.41, 5.74) is 2.52. The fourth-order valence-corrected chi connectivity index (χ4v) is 4.58. The van der Waals surface area contributed by atoms with Crippen molar-refractivity contribution in [1.82, 2.24) is 20.0 Å². The maximum Gasteiger partial charge on any atom is 0.320 e. The SMILES string of the molecule is Cc1nn(-c2ccc(Cl)c(Cl)c2)c(NC(=O)NC2CCN3CCCCC23)c1C. The molecule has 2 N–H and O–H groups in total. The van der Waals surface area contributed by atoms with E-state index in [0.717, 1.165) is 42.9 Å². The third-order valence-electron chi connectivity index (χ3n) is 5.91. The van der Waals surface area contributed by atoms with E-state index in [1.165, 1.54) is 12.8 Å². The lowest BCUT2D eigenvalue weighted by Gasteiger charge is -2.32. The molecule has 2 amide bonds. The van der Waals surface area contributed by atoms with Crippen LogP contribution in [0.4, 0.5) is 10.6 Å². The van der Waals surface area contributed by atoms with Crippen LogP contribution in [0.1, 0.15) is 36.9 Å². The minimum absolute atomic E-state index is 0.193. The van der Waals surface area contributed by atoms with Crippen molar-refractivity contribution in [3.8, 4) is 5.69 Å². The summed E-state index contributed by atoms with van der Waals surface area (Å²) in [6, 6.07) is 5.77. The Labute approximate surface area is 175 Å². The molecule has 6 nitrogen and oxygen atoms in total. The van der Waals surface area contributed by atoms with Crippen molar-refractivity contribution in [2.75, 3.05) is 18.4 Å². The first-order valence-electron chi connectivity index (χ1n) is 9.77. The van der Waals surface area contributed by atoms with Crippen molar-refractivity contribution >= 4 is 35.1 Å². The van der Waals surface area contributed by atoms with Crippen molar-refractivity contribution in [3.63, 3.8) is 0 Å². The quantitative estimate of drug-likeness (QED) is 0.763. The van der Waals surface area contributed by atoms with Crippen molar-refractivity contribution in [3.05, 3.63) is 39.5 Å². The molecule has 0 spiro atoms. The Morgan fingerprint density at radius 1 is 1.14 bits per heavy atom. The number of aryl methyl sites for hydroxylation is 1. The molecule has 28 heavy (non-hydrogen) atoms. The molecule has 2 aromatic rings. The predicted octanol–water partition coefficient (Wildman–Crippen LogP) is 4.54. The van der Waals surface area contributed by atoms with Gasteiger partial charge in [0.05, 0.1) is 21.4 Å². The van der Waals surface area contributed by atoms with Crippen LogP contribution >= 0.6 is 23.2 Å². The smallest absolute Gasteiger partial charge is 0.320 e. The summed E-state index contributed by atoms with van der Waals surface area (Å²) in [6.07, 6.45) is 4.66. The van der Waals surface area contributed by atoms with E-state index >= 15 is 0 Å². The van der Waals surface area contributed by atoms with E-state index in [4.69, 9.17) is 23.2 Å². The van der Waals surface area contributed by atoms with Crippen LogP contribution in [-0.4, -0.2) is 45.9 Å². The summed E-state index contributed by atoms with van der Waals surface area (Å²) in [6.45, 7) is 6.08. The third kappa shape index (κ3) is 3.73. The minimum Gasteiger partial charge on any atom is -0.333 e. The number of benzene rings is 1. The Bertz CT molecular complexity index is 897. The van der Waals surface area contributed by atoms with Gasteiger partial charge in [-0.1, -0.05) is 29.6 Å². The number of hydrogen-bond donors (Lipinski definition) is 2. The summed E-state index contributed by atoms with van der Waals surface area (Å²) in [7, 11) is 0. The number of carbonyl (C=O) groups excluding carboxylic acids is 1. The Hall–Kier alpha value is -1.76. The van der Waals surface area contributed by atoms with Crippen LogP contribution in [0, 0.1) is 13.8 Å². The third-order valence-corrected chi connectivity index (χ3v) is 6.65. The first-order valence-corrected chi connectivity index (χ1v) is 10.5. The zero-order chi connectivity index (χ0) is 19.8. The zero-order valence-electron chi connectivity index (χ0n) is 16.1. The van der Waals surface area contributed by atoms with Gasteiger partial charge in [0.15, 0.2) is 0 Å². The van der Waals surface area contributed by atoms with E-state index in [9.17, 15) is 4.79 Å². The molecule has 4 rings (SSSR count). The summed E-state index contributed by atoms with van der Waals surface area (Å²) in [4.78, 5) is 15.3. The van der Waals surface area contributed by atoms with Crippen molar-refractivity contribution in [1.29, 1.82) is 0 Å². The highest BCUT2D eigenvalue weighted by molar-refractivity contribution is 6.42. The van der Waals surface area contributed by atoms with Gasteiger partial charge in [0.1, 0.15) is 5.82 Å². The van der Waals surface area contributed by atoms with Crippen LogP contribution in [0.3, 0.4) is 0 Å². The first-order chi connectivity index (χ1) is 13.4. The van der Waals surface area contributed by atoms with Gasteiger partial charge in [0.2, 0.25) is 0 Å². The van der Waals surface area contributed by atoms with Gasteiger partial charge >= 0.3 is 6.03 Å². The van der Waals surface area contributed by atoms with Crippen LogP contribution in [0.5, 0.6) is 0 Å². The van der Waals surface area contributed by atoms with Crippen LogP contribution < -0.4 is 10.6 Å². The highest BCUT2D eigenvalue weighted by Gasteiger charge is 2.36. The molecule has 3 heterocycles. The second-order valence-electron chi connectivity index (χ2n) is 7.66. The molecule has 2 aliphatic rings. The fourth-order valence-electron chi connectivity index (χ4n) is 4.28.